The molecule has 27 heavy (non-hydrogen) atoms. The van der Waals surface area contributed by atoms with Crippen molar-refractivity contribution in [2.75, 3.05) is 7.11 Å². The molecule has 0 saturated carbocycles. The molecule has 3 aromatic rings. The average Bonchev–Trinajstić information content (AvgIpc) is 2.67. The molecule has 0 saturated heterocycles. The zero-order chi connectivity index (χ0) is 19.1. The lowest BCUT2D eigenvalue weighted by Gasteiger charge is -2.27. The van der Waals surface area contributed by atoms with E-state index in [1.165, 1.54) is 7.11 Å². The third-order valence-electron chi connectivity index (χ3n) is 4.48. The Bertz CT molecular complexity index is 1210. The number of nitrogens with zero attached hydrogens (tertiary/aromatic N) is 1. The zero-order valence-electron chi connectivity index (χ0n) is 14.2. The van der Waals surface area contributed by atoms with Crippen LogP contribution < -0.4 is 20.8 Å². The minimum atomic E-state index is -0.771. The van der Waals surface area contributed by atoms with Gasteiger partial charge in [-0.1, -0.05) is 28.1 Å². The van der Waals surface area contributed by atoms with Gasteiger partial charge in [0.25, 0.3) is 0 Å². The van der Waals surface area contributed by atoms with E-state index in [9.17, 15) is 10.1 Å². The lowest BCUT2D eigenvalue weighted by atomic mass is 9.83. The lowest BCUT2D eigenvalue weighted by molar-refractivity contribution is 0.382. The number of ether oxygens (including phenoxy) is 2. The highest BCUT2D eigenvalue weighted by atomic mass is 79.9. The van der Waals surface area contributed by atoms with Crippen molar-refractivity contribution in [1.82, 2.24) is 0 Å². The molecule has 0 aliphatic carbocycles. The summed E-state index contributed by atoms with van der Waals surface area (Å²) in [6, 6.07) is 14.4. The molecule has 2 N–H and O–H groups in total. The highest BCUT2D eigenvalue weighted by Crippen LogP contribution is 2.46. The smallest absolute Gasteiger partial charge is 0.344 e. The predicted octanol–water partition coefficient (Wildman–Crippen LogP) is 3.78. The maximum absolute atomic E-state index is 12.8. The van der Waals surface area contributed by atoms with Crippen LogP contribution in [-0.2, 0) is 0 Å². The van der Waals surface area contributed by atoms with Crippen molar-refractivity contribution >= 4 is 26.9 Å². The molecule has 1 aliphatic heterocycles. The van der Waals surface area contributed by atoms with E-state index in [1.54, 1.807) is 36.4 Å². The van der Waals surface area contributed by atoms with Gasteiger partial charge in [0.1, 0.15) is 23.0 Å². The highest BCUT2D eigenvalue weighted by molar-refractivity contribution is 9.10. The maximum Gasteiger partial charge on any atom is 0.344 e. The van der Waals surface area contributed by atoms with Gasteiger partial charge in [0.05, 0.1) is 24.0 Å². The molecule has 6 nitrogen and oxygen atoms in total. The van der Waals surface area contributed by atoms with E-state index < -0.39 is 11.5 Å². The van der Waals surface area contributed by atoms with Crippen LogP contribution in [0.15, 0.2) is 67.6 Å². The topological polar surface area (TPSA) is 98.5 Å². The Kier molecular flexibility index (Phi) is 4.13. The molecule has 0 radical (unpaired) electrons. The SMILES string of the molecule is COc1ccc(Br)cc1C1C(C#N)=C(N)Oc2c1c(=O)oc1ccccc21. The summed E-state index contributed by atoms with van der Waals surface area (Å²) in [6.45, 7) is 0. The van der Waals surface area contributed by atoms with E-state index in [2.05, 4.69) is 22.0 Å². The quantitative estimate of drug-likeness (QED) is 0.628. The second-order valence-corrected chi connectivity index (χ2v) is 6.86. The third kappa shape index (κ3) is 2.66. The van der Waals surface area contributed by atoms with Crippen LogP contribution in [0, 0.1) is 11.3 Å². The fourth-order valence-electron chi connectivity index (χ4n) is 3.31. The molecule has 0 amide bonds. The summed E-state index contributed by atoms with van der Waals surface area (Å²) in [6.07, 6.45) is 0. The first-order valence-corrected chi connectivity index (χ1v) is 8.81. The van der Waals surface area contributed by atoms with Crippen LogP contribution in [0.5, 0.6) is 11.5 Å². The zero-order valence-corrected chi connectivity index (χ0v) is 15.7. The number of hydrogen-bond acceptors (Lipinski definition) is 6. The second kappa shape index (κ2) is 6.49. The monoisotopic (exact) mass is 424 g/mol. The van der Waals surface area contributed by atoms with Gasteiger partial charge in [-0.2, -0.15) is 5.26 Å². The third-order valence-corrected chi connectivity index (χ3v) is 4.97. The van der Waals surface area contributed by atoms with Gasteiger partial charge < -0.3 is 19.6 Å². The van der Waals surface area contributed by atoms with Gasteiger partial charge in [-0.05, 0) is 30.3 Å². The number of nitriles is 1. The molecule has 2 heterocycles. The van der Waals surface area contributed by atoms with E-state index in [0.29, 0.717) is 28.0 Å². The lowest BCUT2D eigenvalue weighted by Crippen LogP contribution is -2.26. The molecule has 1 atom stereocenters. The Labute approximate surface area is 162 Å². The minimum Gasteiger partial charge on any atom is -0.496 e. The Morgan fingerprint density at radius 1 is 1.26 bits per heavy atom. The van der Waals surface area contributed by atoms with Crippen LogP contribution in [0.2, 0.25) is 0 Å². The molecule has 1 aliphatic rings. The summed E-state index contributed by atoms with van der Waals surface area (Å²) in [5.74, 6) is -0.00521. The Morgan fingerprint density at radius 2 is 2.04 bits per heavy atom. The van der Waals surface area contributed by atoms with Crippen LogP contribution in [0.1, 0.15) is 17.0 Å². The maximum atomic E-state index is 12.8. The molecule has 7 heteroatoms. The van der Waals surface area contributed by atoms with Gasteiger partial charge in [-0.15, -0.1) is 0 Å². The highest BCUT2D eigenvalue weighted by Gasteiger charge is 2.37. The molecular weight excluding hydrogens is 412 g/mol. The first-order chi connectivity index (χ1) is 13.0. The van der Waals surface area contributed by atoms with Crippen LogP contribution in [0.25, 0.3) is 11.0 Å². The molecule has 0 bridgehead atoms. The van der Waals surface area contributed by atoms with Crippen molar-refractivity contribution in [3.05, 3.63) is 79.9 Å². The van der Waals surface area contributed by atoms with Crippen molar-refractivity contribution in [2.24, 2.45) is 5.73 Å². The number of fused-ring (bicyclic) bond motifs is 3. The average molecular weight is 425 g/mol. The minimum absolute atomic E-state index is 0.0484. The van der Waals surface area contributed by atoms with E-state index in [1.807, 2.05) is 6.07 Å². The van der Waals surface area contributed by atoms with Crippen LogP contribution in [-0.4, -0.2) is 7.11 Å². The predicted molar refractivity (Wildman–Crippen MR) is 102 cm³/mol. The van der Waals surface area contributed by atoms with E-state index in [4.69, 9.17) is 19.6 Å². The van der Waals surface area contributed by atoms with Crippen molar-refractivity contribution in [2.45, 2.75) is 5.92 Å². The number of methoxy groups -OCH3 is 1. The Hall–Kier alpha value is -3.24. The van der Waals surface area contributed by atoms with Crippen molar-refractivity contribution < 1.29 is 13.9 Å². The summed E-state index contributed by atoms with van der Waals surface area (Å²) in [7, 11) is 1.52. The number of benzene rings is 2. The summed E-state index contributed by atoms with van der Waals surface area (Å²) >= 11 is 3.43. The van der Waals surface area contributed by atoms with Gasteiger partial charge in [0.2, 0.25) is 5.88 Å². The number of allylic oxidation sites excluding steroid dienone is 1. The summed E-state index contributed by atoms with van der Waals surface area (Å²) in [5.41, 5.74) is 6.80. The molecule has 1 unspecified atom stereocenters. The molecule has 4 rings (SSSR count). The number of nitrogens with two attached hydrogens (primary N) is 1. The van der Waals surface area contributed by atoms with Crippen LogP contribution in [0.3, 0.4) is 0 Å². The van der Waals surface area contributed by atoms with Gasteiger partial charge in [-0.3, -0.25) is 0 Å². The first kappa shape index (κ1) is 17.2. The molecule has 0 fully saturated rings. The van der Waals surface area contributed by atoms with Gasteiger partial charge in [0, 0.05) is 10.0 Å². The first-order valence-electron chi connectivity index (χ1n) is 8.02. The van der Waals surface area contributed by atoms with Crippen molar-refractivity contribution in [3.63, 3.8) is 0 Å². The molecule has 2 aromatic carbocycles. The Balaban J connectivity index is 2.12. The molecule has 1 aromatic heterocycles. The molecular formula is C20H13BrN2O4. The van der Waals surface area contributed by atoms with E-state index in [0.717, 1.165) is 4.47 Å². The molecule has 0 spiro atoms. The summed E-state index contributed by atoms with van der Waals surface area (Å²) in [4.78, 5) is 12.8. The normalized spacial score (nSPS) is 15.8. The number of halogens is 1. The van der Waals surface area contributed by atoms with E-state index in [-0.39, 0.29) is 17.0 Å². The Morgan fingerprint density at radius 3 is 2.78 bits per heavy atom. The van der Waals surface area contributed by atoms with Crippen LogP contribution in [0.4, 0.5) is 0 Å². The number of para-hydroxylation sites is 1. The van der Waals surface area contributed by atoms with E-state index >= 15 is 0 Å². The van der Waals surface area contributed by atoms with Crippen LogP contribution >= 0.6 is 15.9 Å². The largest absolute Gasteiger partial charge is 0.496 e. The summed E-state index contributed by atoms with van der Waals surface area (Å²) < 4.78 is 17.4. The van der Waals surface area contributed by atoms with Gasteiger partial charge in [-0.25, -0.2) is 4.79 Å². The molecule has 134 valence electrons. The fraction of sp³-hybridized carbons (Fsp3) is 0.100. The summed E-state index contributed by atoms with van der Waals surface area (Å²) in [5, 5.41) is 10.3. The van der Waals surface area contributed by atoms with Crippen molar-refractivity contribution in [3.8, 4) is 17.6 Å². The van der Waals surface area contributed by atoms with Crippen molar-refractivity contribution in [1.29, 1.82) is 5.26 Å². The number of rotatable bonds is 2. The van der Waals surface area contributed by atoms with Gasteiger partial charge >= 0.3 is 5.63 Å². The van der Waals surface area contributed by atoms with Gasteiger partial charge in [0.15, 0.2) is 5.75 Å². The number of hydrogen-bond donors (Lipinski definition) is 1. The second-order valence-electron chi connectivity index (χ2n) is 5.94. The standard InChI is InChI=1S/C20H13BrN2O4/c1-25-14-7-6-10(21)8-12(14)16-13(9-22)19(23)27-18-11-4-2-3-5-15(11)26-20(24)17(16)18/h2-8,16H,23H2,1H3. The fourth-order valence-corrected chi connectivity index (χ4v) is 3.69.